The van der Waals surface area contributed by atoms with Crippen LogP contribution in [-0.4, -0.2) is 36.2 Å². The first-order valence-electron chi connectivity index (χ1n) is 6.19. The normalized spacial score (nSPS) is 10.2. The second kappa shape index (κ2) is 7.56. The van der Waals surface area contributed by atoms with Gasteiger partial charge in [0.25, 0.3) is 5.91 Å². The molecule has 0 radical (unpaired) electrons. The number of benzene rings is 1. The summed E-state index contributed by atoms with van der Waals surface area (Å²) in [4.78, 5) is 19.7. The van der Waals surface area contributed by atoms with Crippen molar-refractivity contribution < 1.29 is 14.3 Å². The SMILES string of the molecule is COCCOc1ccc(Cl)cc1NC(=O)c1ccncn1. The van der Waals surface area contributed by atoms with Crippen LogP contribution in [0.15, 0.2) is 36.8 Å². The van der Waals surface area contributed by atoms with Gasteiger partial charge in [0.15, 0.2) is 0 Å². The maximum Gasteiger partial charge on any atom is 0.274 e. The topological polar surface area (TPSA) is 73.3 Å². The highest BCUT2D eigenvalue weighted by Crippen LogP contribution is 2.28. The number of anilines is 1. The molecule has 1 N–H and O–H groups in total. The average Bonchev–Trinajstić information content (AvgIpc) is 2.50. The van der Waals surface area contributed by atoms with Gasteiger partial charge in [-0.2, -0.15) is 0 Å². The van der Waals surface area contributed by atoms with E-state index in [1.165, 1.54) is 18.6 Å². The second-order valence-corrected chi connectivity index (χ2v) is 4.47. The Morgan fingerprint density at radius 2 is 2.19 bits per heavy atom. The lowest BCUT2D eigenvalue weighted by atomic mass is 10.2. The van der Waals surface area contributed by atoms with Gasteiger partial charge in [-0.3, -0.25) is 4.79 Å². The van der Waals surface area contributed by atoms with E-state index in [1.54, 1.807) is 25.3 Å². The van der Waals surface area contributed by atoms with Gasteiger partial charge in [-0.15, -0.1) is 0 Å². The zero-order chi connectivity index (χ0) is 15.1. The van der Waals surface area contributed by atoms with Gasteiger partial charge in [-0.05, 0) is 24.3 Å². The summed E-state index contributed by atoms with van der Waals surface area (Å²) in [5.74, 6) is 0.148. The number of hydrogen-bond donors (Lipinski definition) is 1. The number of carbonyl (C=O) groups is 1. The summed E-state index contributed by atoms with van der Waals surface area (Å²) in [7, 11) is 1.59. The molecule has 6 nitrogen and oxygen atoms in total. The molecule has 110 valence electrons. The van der Waals surface area contributed by atoms with Crippen LogP contribution in [0.3, 0.4) is 0 Å². The summed E-state index contributed by atoms with van der Waals surface area (Å²) >= 11 is 5.95. The molecular formula is C14H14ClN3O3. The first-order chi connectivity index (χ1) is 10.2. The van der Waals surface area contributed by atoms with Gasteiger partial charge in [0.05, 0.1) is 12.3 Å². The first-order valence-corrected chi connectivity index (χ1v) is 6.57. The Bertz CT molecular complexity index is 608. The van der Waals surface area contributed by atoms with Crippen molar-refractivity contribution in [2.45, 2.75) is 0 Å². The minimum Gasteiger partial charge on any atom is -0.489 e. The predicted octanol–water partition coefficient (Wildman–Crippen LogP) is 2.41. The van der Waals surface area contributed by atoms with Crippen molar-refractivity contribution in [2.24, 2.45) is 0 Å². The Morgan fingerprint density at radius 1 is 1.33 bits per heavy atom. The van der Waals surface area contributed by atoms with Crippen molar-refractivity contribution in [3.8, 4) is 5.75 Å². The number of ether oxygens (including phenoxy) is 2. The van der Waals surface area contributed by atoms with Crippen molar-refractivity contribution in [3.05, 3.63) is 47.5 Å². The van der Waals surface area contributed by atoms with E-state index in [-0.39, 0.29) is 11.6 Å². The van der Waals surface area contributed by atoms with E-state index in [4.69, 9.17) is 21.1 Å². The van der Waals surface area contributed by atoms with Crippen LogP contribution in [0, 0.1) is 0 Å². The number of nitrogens with zero attached hydrogens (tertiary/aromatic N) is 2. The van der Waals surface area contributed by atoms with Crippen molar-refractivity contribution >= 4 is 23.2 Å². The molecule has 0 bridgehead atoms. The Morgan fingerprint density at radius 3 is 2.90 bits per heavy atom. The van der Waals surface area contributed by atoms with Crippen LogP contribution in [0.5, 0.6) is 5.75 Å². The highest BCUT2D eigenvalue weighted by Gasteiger charge is 2.11. The molecule has 1 heterocycles. The molecule has 2 aromatic rings. The largest absolute Gasteiger partial charge is 0.489 e. The number of hydrogen-bond acceptors (Lipinski definition) is 5. The molecule has 0 unspecified atom stereocenters. The molecule has 2 rings (SSSR count). The van der Waals surface area contributed by atoms with Crippen LogP contribution in [0.4, 0.5) is 5.69 Å². The summed E-state index contributed by atoms with van der Waals surface area (Å²) < 4.78 is 10.5. The van der Waals surface area contributed by atoms with Crippen LogP contribution in [0.25, 0.3) is 0 Å². The maximum absolute atomic E-state index is 12.1. The van der Waals surface area contributed by atoms with Gasteiger partial charge in [-0.1, -0.05) is 11.6 Å². The fraction of sp³-hybridized carbons (Fsp3) is 0.214. The molecule has 0 spiro atoms. The number of methoxy groups -OCH3 is 1. The molecule has 21 heavy (non-hydrogen) atoms. The quantitative estimate of drug-likeness (QED) is 0.830. The lowest BCUT2D eigenvalue weighted by Gasteiger charge is -2.12. The maximum atomic E-state index is 12.1. The van der Waals surface area contributed by atoms with Gasteiger partial charge < -0.3 is 14.8 Å². The molecule has 0 fully saturated rings. The Hall–Kier alpha value is -2.18. The van der Waals surface area contributed by atoms with Crippen LogP contribution in [0.2, 0.25) is 5.02 Å². The van der Waals surface area contributed by atoms with E-state index >= 15 is 0 Å². The number of halogens is 1. The lowest BCUT2D eigenvalue weighted by molar-refractivity contribution is 0.102. The van der Waals surface area contributed by atoms with Gasteiger partial charge in [-0.25, -0.2) is 9.97 Å². The van der Waals surface area contributed by atoms with Crippen LogP contribution < -0.4 is 10.1 Å². The fourth-order valence-electron chi connectivity index (χ4n) is 1.57. The minimum absolute atomic E-state index is 0.257. The molecular weight excluding hydrogens is 294 g/mol. The summed E-state index contributed by atoms with van der Waals surface area (Å²) in [6.07, 6.45) is 2.80. The van der Waals surface area contributed by atoms with Crippen molar-refractivity contribution in [1.29, 1.82) is 0 Å². The molecule has 1 amide bonds. The third-order valence-corrected chi connectivity index (χ3v) is 2.78. The summed E-state index contributed by atoms with van der Waals surface area (Å²) in [6, 6.07) is 6.51. The van der Waals surface area contributed by atoms with Crippen molar-refractivity contribution in [2.75, 3.05) is 25.6 Å². The number of aromatic nitrogens is 2. The predicted molar refractivity (Wildman–Crippen MR) is 78.8 cm³/mol. The van der Waals surface area contributed by atoms with Crippen molar-refractivity contribution in [3.63, 3.8) is 0 Å². The molecule has 1 aromatic heterocycles. The zero-order valence-electron chi connectivity index (χ0n) is 11.4. The van der Waals surface area contributed by atoms with Crippen LogP contribution in [0.1, 0.15) is 10.5 Å². The van der Waals surface area contributed by atoms with E-state index in [1.807, 2.05) is 0 Å². The number of carbonyl (C=O) groups excluding carboxylic acids is 1. The Balaban J connectivity index is 2.14. The van der Waals surface area contributed by atoms with E-state index < -0.39 is 0 Å². The summed E-state index contributed by atoms with van der Waals surface area (Å²) in [6.45, 7) is 0.816. The van der Waals surface area contributed by atoms with Crippen molar-refractivity contribution in [1.82, 2.24) is 9.97 Å². The number of amides is 1. The van der Waals surface area contributed by atoms with Gasteiger partial charge in [0, 0.05) is 18.3 Å². The molecule has 0 saturated carbocycles. The average molecular weight is 308 g/mol. The monoisotopic (exact) mass is 307 g/mol. The third kappa shape index (κ3) is 4.40. The zero-order valence-corrected chi connectivity index (χ0v) is 12.1. The standard InChI is InChI=1S/C14H14ClN3O3/c1-20-6-7-21-13-3-2-10(15)8-12(13)18-14(19)11-4-5-16-9-17-11/h2-5,8-9H,6-7H2,1H3,(H,18,19). The molecule has 1 aromatic carbocycles. The summed E-state index contributed by atoms with van der Waals surface area (Å²) in [5.41, 5.74) is 0.732. The second-order valence-electron chi connectivity index (χ2n) is 4.03. The molecule has 0 saturated heterocycles. The number of nitrogens with one attached hydrogen (secondary N) is 1. The molecule has 7 heteroatoms. The van der Waals surface area contributed by atoms with E-state index in [0.717, 1.165) is 0 Å². The smallest absolute Gasteiger partial charge is 0.274 e. The van der Waals surface area contributed by atoms with Crippen LogP contribution in [-0.2, 0) is 4.74 Å². The Kier molecular flexibility index (Phi) is 5.48. The fourth-order valence-corrected chi connectivity index (χ4v) is 1.74. The molecule has 0 aliphatic carbocycles. The van der Waals surface area contributed by atoms with E-state index in [9.17, 15) is 4.79 Å². The van der Waals surface area contributed by atoms with Crippen LogP contribution >= 0.6 is 11.6 Å². The highest BCUT2D eigenvalue weighted by molar-refractivity contribution is 6.31. The van der Waals surface area contributed by atoms with Gasteiger partial charge in [0.1, 0.15) is 24.4 Å². The highest BCUT2D eigenvalue weighted by atomic mass is 35.5. The molecule has 0 aliphatic heterocycles. The Labute approximate surface area is 127 Å². The summed E-state index contributed by atoms with van der Waals surface area (Å²) in [5, 5.41) is 3.21. The minimum atomic E-state index is -0.365. The van der Waals surface area contributed by atoms with Gasteiger partial charge >= 0.3 is 0 Å². The van der Waals surface area contributed by atoms with E-state index in [0.29, 0.717) is 29.7 Å². The lowest BCUT2D eigenvalue weighted by Crippen LogP contribution is -2.15. The molecule has 0 aliphatic rings. The molecule has 0 atom stereocenters. The van der Waals surface area contributed by atoms with E-state index in [2.05, 4.69) is 15.3 Å². The number of rotatable bonds is 6. The van der Waals surface area contributed by atoms with Gasteiger partial charge in [0.2, 0.25) is 0 Å². The first kappa shape index (κ1) is 15.2. The third-order valence-electron chi connectivity index (χ3n) is 2.55.